The molecule has 0 aliphatic carbocycles. The molecule has 0 fully saturated rings. The van der Waals surface area contributed by atoms with Gasteiger partial charge in [0.25, 0.3) is 0 Å². The molecule has 2 aliphatic heterocycles. The minimum Gasteiger partial charge on any atom is -0.619 e. The Labute approximate surface area is 226 Å². The normalized spacial score (nSPS) is 11.5. The first-order chi connectivity index (χ1) is 17.5. The zero-order valence-corrected chi connectivity index (χ0v) is 24.4. The standard InChI is InChI=1S/C8H8O.C7H6O2.C5H5NO.3C4H10/c1-2-4-8-7(3-1)5-6-9-8;1-2-4-7-6(3-1)8-5-9-7;7-6-4-2-1-3-5-6;3*1-4(2)3/h1-4H,5-6H2;1-4H,5H2;1-5H;3*4H,1-3H3. The van der Waals surface area contributed by atoms with E-state index in [0.717, 1.165) is 52.8 Å². The van der Waals surface area contributed by atoms with Gasteiger partial charge in [-0.25, -0.2) is 0 Å². The predicted octanol–water partition coefficient (Wildman–Crippen LogP) is 8.34. The Morgan fingerprint density at radius 3 is 1.35 bits per heavy atom. The third-order valence-electron chi connectivity index (χ3n) is 3.57. The number of hydrogen-bond donors (Lipinski definition) is 0. The molecule has 1 aromatic heterocycles. The number of ether oxygens (including phenoxy) is 3. The van der Waals surface area contributed by atoms with Gasteiger partial charge in [0.2, 0.25) is 6.79 Å². The van der Waals surface area contributed by atoms with Gasteiger partial charge in [0.1, 0.15) is 5.75 Å². The van der Waals surface area contributed by atoms with Gasteiger partial charge in [0.05, 0.1) is 6.61 Å². The van der Waals surface area contributed by atoms with E-state index in [0.29, 0.717) is 6.79 Å². The third kappa shape index (κ3) is 20.7. The molecule has 5 rings (SSSR count). The van der Waals surface area contributed by atoms with Crippen molar-refractivity contribution in [1.29, 1.82) is 0 Å². The summed E-state index contributed by atoms with van der Waals surface area (Å²) >= 11 is 0. The molecule has 206 valence electrons. The highest BCUT2D eigenvalue weighted by molar-refractivity contribution is 5.40. The Balaban J connectivity index is 0.000000439. The fourth-order valence-electron chi connectivity index (χ4n) is 2.35. The van der Waals surface area contributed by atoms with Crippen LogP contribution in [0.5, 0.6) is 17.2 Å². The van der Waals surface area contributed by atoms with Gasteiger partial charge in [0, 0.05) is 18.6 Å². The van der Waals surface area contributed by atoms with Gasteiger partial charge < -0.3 is 19.4 Å². The molecular weight excluding hydrogens is 462 g/mol. The summed E-state index contributed by atoms with van der Waals surface area (Å²) in [5.74, 6) is 5.26. The van der Waals surface area contributed by atoms with Crippen molar-refractivity contribution in [2.75, 3.05) is 13.4 Å². The lowest BCUT2D eigenvalue weighted by molar-refractivity contribution is -0.605. The first kappa shape index (κ1) is 33.8. The molecule has 5 heteroatoms. The minimum atomic E-state index is 0.360. The zero-order valence-electron chi connectivity index (χ0n) is 24.4. The number of rotatable bonds is 0. The number of pyridine rings is 1. The average molecular weight is 512 g/mol. The molecule has 0 saturated heterocycles. The van der Waals surface area contributed by atoms with Crippen LogP contribution < -0.4 is 18.9 Å². The van der Waals surface area contributed by atoms with E-state index in [-0.39, 0.29) is 0 Å². The molecule has 0 atom stereocenters. The molecular formula is C32H49NO4. The number of benzene rings is 2. The van der Waals surface area contributed by atoms with Gasteiger partial charge in [-0.05, 0) is 41.5 Å². The highest BCUT2D eigenvalue weighted by Gasteiger charge is 2.09. The molecule has 37 heavy (non-hydrogen) atoms. The van der Waals surface area contributed by atoms with Gasteiger partial charge in [-0.3, -0.25) is 0 Å². The van der Waals surface area contributed by atoms with Crippen molar-refractivity contribution in [3.8, 4) is 17.2 Å². The Hall–Kier alpha value is -3.21. The van der Waals surface area contributed by atoms with Crippen LogP contribution in [0.1, 0.15) is 67.9 Å². The summed E-state index contributed by atoms with van der Waals surface area (Å²) in [6, 6.07) is 21.0. The van der Waals surface area contributed by atoms with Crippen molar-refractivity contribution in [2.24, 2.45) is 17.8 Å². The van der Waals surface area contributed by atoms with Crippen LogP contribution in [0.4, 0.5) is 0 Å². The largest absolute Gasteiger partial charge is 0.619 e. The molecule has 5 nitrogen and oxygen atoms in total. The molecule has 0 amide bonds. The summed E-state index contributed by atoms with van der Waals surface area (Å²) in [5.41, 5.74) is 1.34. The van der Waals surface area contributed by atoms with Crippen molar-refractivity contribution in [2.45, 2.75) is 68.7 Å². The minimum absolute atomic E-state index is 0.360. The summed E-state index contributed by atoms with van der Waals surface area (Å²) < 4.78 is 16.2. The van der Waals surface area contributed by atoms with E-state index in [9.17, 15) is 5.21 Å². The lowest BCUT2D eigenvalue weighted by Gasteiger charge is -1.93. The van der Waals surface area contributed by atoms with E-state index in [1.807, 2.05) is 42.5 Å². The van der Waals surface area contributed by atoms with Crippen LogP contribution in [0.25, 0.3) is 0 Å². The fourth-order valence-corrected chi connectivity index (χ4v) is 2.35. The van der Waals surface area contributed by atoms with Crippen LogP contribution in [-0.2, 0) is 6.42 Å². The van der Waals surface area contributed by atoms with Crippen molar-refractivity contribution < 1.29 is 18.9 Å². The molecule has 3 aromatic rings. The van der Waals surface area contributed by atoms with Crippen molar-refractivity contribution in [3.05, 3.63) is 89.9 Å². The molecule has 3 heterocycles. The second-order valence-electron chi connectivity index (χ2n) is 10.5. The van der Waals surface area contributed by atoms with Crippen LogP contribution in [0.15, 0.2) is 79.1 Å². The maximum atomic E-state index is 10.2. The summed E-state index contributed by atoms with van der Waals surface area (Å²) in [6.45, 7) is 20.7. The second kappa shape index (κ2) is 20.9. The number of aromatic nitrogens is 1. The maximum Gasteiger partial charge on any atom is 0.231 e. The van der Waals surface area contributed by atoms with Gasteiger partial charge in [-0.1, -0.05) is 98.7 Å². The lowest BCUT2D eigenvalue weighted by atomic mass is 10.2. The van der Waals surface area contributed by atoms with Crippen LogP contribution >= 0.6 is 0 Å². The number of hydrogen-bond acceptors (Lipinski definition) is 4. The Kier molecular flexibility index (Phi) is 19.1. The molecule has 0 spiro atoms. The van der Waals surface area contributed by atoms with Crippen molar-refractivity contribution >= 4 is 0 Å². The Morgan fingerprint density at radius 1 is 0.568 bits per heavy atom. The van der Waals surface area contributed by atoms with Crippen LogP contribution in [-0.4, -0.2) is 13.4 Å². The van der Waals surface area contributed by atoms with Gasteiger partial charge >= 0.3 is 0 Å². The van der Waals surface area contributed by atoms with E-state index in [4.69, 9.17) is 14.2 Å². The molecule has 2 aromatic carbocycles. The summed E-state index contributed by atoms with van der Waals surface area (Å²) in [6.07, 6.45) is 3.97. The maximum absolute atomic E-state index is 10.2. The van der Waals surface area contributed by atoms with Crippen molar-refractivity contribution in [3.63, 3.8) is 0 Å². The first-order valence-electron chi connectivity index (χ1n) is 13.2. The molecule has 0 unspecified atom stereocenters. The lowest BCUT2D eigenvalue weighted by Crippen LogP contribution is -2.22. The summed E-state index contributed by atoms with van der Waals surface area (Å²) in [7, 11) is 0. The number of nitrogens with zero attached hydrogens (tertiary/aromatic N) is 1. The Bertz CT molecular complexity index is 809. The van der Waals surface area contributed by atoms with Crippen LogP contribution in [0, 0.1) is 23.0 Å². The van der Waals surface area contributed by atoms with Crippen LogP contribution in [0.3, 0.4) is 0 Å². The number of para-hydroxylation sites is 3. The molecule has 0 radical (unpaired) electrons. The third-order valence-corrected chi connectivity index (χ3v) is 3.57. The SMILES string of the molecule is CC(C)C.CC(C)C.CC(C)C.[O-][n+]1ccccc1.c1ccc2c(c1)CCO2.c1ccc2c(c1)OCO2. The highest BCUT2D eigenvalue weighted by Crippen LogP contribution is 2.30. The molecule has 0 N–H and O–H groups in total. The highest BCUT2D eigenvalue weighted by atomic mass is 16.7. The molecule has 0 bridgehead atoms. The quantitative estimate of drug-likeness (QED) is 0.225. The van der Waals surface area contributed by atoms with Crippen LogP contribution in [0.2, 0.25) is 0 Å². The van der Waals surface area contributed by atoms with Gasteiger partial charge in [-0.15, -0.1) is 0 Å². The van der Waals surface area contributed by atoms with Crippen molar-refractivity contribution in [1.82, 2.24) is 0 Å². The second-order valence-corrected chi connectivity index (χ2v) is 10.5. The van der Waals surface area contributed by atoms with Gasteiger partial charge in [0.15, 0.2) is 23.9 Å². The fraction of sp³-hybridized carbons (Fsp3) is 0.469. The van der Waals surface area contributed by atoms with Gasteiger partial charge in [-0.2, -0.15) is 4.73 Å². The summed E-state index contributed by atoms with van der Waals surface area (Å²) in [5, 5.41) is 10.2. The van der Waals surface area contributed by atoms with E-state index < -0.39 is 0 Å². The molecule has 0 saturated carbocycles. The topological polar surface area (TPSA) is 54.6 Å². The average Bonchev–Trinajstić information content (AvgIpc) is 3.49. The zero-order chi connectivity index (χ0) is 28.1. The monoisotopic (exact) mass is 511 g/mol. The predicted molar refractivity (Wildman–Crippen MR) is 155 cm³/mol. The summed E-state index contributed by atoms with van der Waals surface area (Å²) in [4.78, 5) is 0. The smallest absolute Gasteiger partial charge is 0.231 e. The Morgan fingerprint density at radius 2 is 0.973 bits per heavy atom. The first-order valence-corrected chi connectivity index (χ1v) is 13.2. The van der Waals surface area contributed by atoms with E-state index >= 15 is 0 Å². The number of fused-ring (bicyclic) bond motifs is 2. The van der Waals surface area contributed by atoms with E-state index in [1.54, 1.807) is 18.2 Å². The van der Waals surface area contributed by atoms with E-state index in [2.05, 4.69) is 68.4 Å². The molecule has 2 aliphatic rings. The van der Waals surface area contributed by atoms with E-state index in [1.165, 1.54) is 18.0 Å².